The molecule has 0 aromatic heterocycles. The van der Waals surface area contributed by atoms with Gasteiger partial charge < -0.3 is 4.90 Å². The molecule has 3 aromatic carbocycles. The molecule has 0 bridgehead atoms. The number of amides is 1. The first-order valence-corrected chi connectivity index (χ1v) is 11.7. The van der Waals surface area contributed by atoms with E-state index in [2.05, 4.69) is 4.72 Å². The van der Waals surface area contributed by atoms with Crippen LogP contribution < -0.4 is 9.62 Å². The molecule has 0 saturated heterocycles. The lowest BCUT2D eigenvalue weighted by Crippen LogP contribution is -2.57. The standard InChI is InChI=1S/C25H26N2O3S/c1-24(2,3)31(29,30)26-25(20-14-8-5-9-15-20)21-16-10-11-17-22(21)27(23(25)28)18-19-12-6-4-7-13-19/h4-17,26H,18H2,1-3H3/t25-/m1/s1. The van der Waals surface area contributed by atoms with Crippen molar-refractivity contribution in [3.63, 3.8) is 0 Å². The van der Waals surface area contributed by atoms with Gasteiger partial charge in [0.2, 0.25) is 10.0 Å². The number of anilines is 1. The van der Waals surface area contributed by atoms with E-state index in [1.165, 1.54) is 0 Å². The molecule has 3 aromatic rings. The van der Waals surface area contributed by atoms with E-state index >= 15 is 0 Å². The van der Waals surface area contributed by atoms with Gasteiger partial charge in [0.15, 0.2) is 5.54 Å². The molecule has 4 rings (SSSR count). The Bertz CT molecular complexity index is 1200. The van der Waals surface area contributed by atoms with E-state index in [4.69, 9.17) is 0 Å². The summed E-state index contributed by atoms with van der Waals surface area (Å²) in [6.07, 6.45) is 0. The van der Waals surface area contributed by atoms with Gasteiger partial charge in [-0.3, -0.25) is 4.79 Å². The van der Waals surface area contributed by atoms with E-state index in [9.17, 15) is 13.2 Å². The number of rotatable bonds is 5. The van der Waals surface area contributed by atoms with Crippen molar-refractivity contribution in [2.24, 2.45) is 0 Å². The van der Waals surface area contributed by atoms with Crippen molar-refractivity contribution in [2.45, 2.75) is 37.6 Å². The Balaban J connectivity index is 1.94. The van der Waals surface area contributed by atoms with Gasteiger partial charge >= 0.3 is 0 Å². The van der Waals surface area contributed by atoms with Gasteiger partial charge in [0.25, 0.3) is 5.91 Å². The number of hydrogen-bond acceptors (Lipinski definition) is 3. The first-order chi connectivity index (χ1) is 14.7. The van der Waals surface area contributed by atoms with Crippen molar-refractivity contribution in [2.75, 3.05) is 4.90 Å². The average molecular weight is 435 g/mol. The highest BCUT2D eigenvalue weighted by molar-refractivity contribution is 7.90. The zero-order valence-corrected chi connectivity index (χ0v) is 18.7. The molecule has 160 valence electrons. The maximum Gasteiger partial charge on any atom is 0.257 e. The van der Waals surface area contributed by atoms with E-state index in [-0.39, 0.29) is 5.91 Å². The third kappa shape index (κ3) is 3.56. The smallest absolute Gasteiger partial charge is 0.257 e. The highest BCUT2D eigenvalue weighted by atomic mass is 32.2. The molecule has 1 amide bonds. The molecule has 5 nitrogen and oxygen atoms in total. The maximum absolute atomic E-state index is 14.1. The molecule has 31 heavy (non-hydrogen) atoms. The van der Waals surface area contributed by atoms with Crippen LogP contribution in [-0.4, -0.2) is 19.1 Å². The Morgan fingerprint density at radius 3 is 2.00 bits per heavy atom. The molecule has 6 heteroatoms. The molecule has 0 unspecified atom stereocenters. The molecule has 0 spiro atoms. The van der Waals surface area contributed by atoms with Crippen molar-refractivity contribution in [3.05, 3.63) is 102 Å². The molecular weight excluding hydrogens is 408 g/mol. The summed E-state index contributed by atoms with van der Waals surface area (Å²) in [7, 11) is -3.86. The largest absolute Gasteiger partial charge is 0.305 e. The number of para-hydroxylation sites is 1. The van der Waals surface area contributed by atoms with Gasteiger partial charge in [-0.2, -0.15) is 4.72 Å². The molecule has 1 heterocycles. The Morgan fingerprint density at radius 1 is 0.839 bits per heavy atom. The summed E-state index contributed by atoms with van der Waals surface area (Å²) in [6.45, 7) is 5.23. The summed E-state index contributed by atoms with van der Waals surface area (Å²) in [4.78, 5) is 15.8. The van der Waals surface area contributed by atoms with Crippen LogP contribution in [-0.2, 0) is 26.9 Å². The third-order valence-corrected chi connectivity index (χ3v) is 7.84. The summed E-state index contributed by atoms with van der Waals surface area (Å²) in [5.41, 5.74) is 1.37. The zero-order chi connectivity index (χ0) is 22.3. The van der Waals surface area contributed by atoms with E-state index in [1.54, 1.807) is 37.8 Å². The lowest BCUT2D eigenvalue weighted by molar-refractivity contribution is -0.122. The van der Waals surface area contributed by atoms with E-state index in [0.29, 0.717) is 23.4 Å². The van der Waals surface area contributed by atoms with Crippen molar-refractivity contribution < 1.29 is 13.2 Å². The quantitative estimate of drug-likeness (QED) is 0.655. The van der Waals surface area contributed by atoms with Crippen LogP contribution in [0.15, 0.2) is 84.9 Å². The topological polar surface area (TPSA) is 66.5 Å². The van der Waals surface area contributed by atoms with Gasteiger partial charge in [-0.05, 0) is 38.0 Å². The minimum absolute atomic E-state index is 0.309. The summed E-state index contributed by atoms with van der Waals surface area (Å²) in [6, 6.07) is 26.2. The number of carbonyl (C=O) groups excluding carboxylic acids is 1. The second-order valence-corrected chi connectivity index (χ2v) is 11.2. The van der Waals surface area contributed by atoms with Crippen molar-refractivity contribution in [1.29, 1.82) is 0 Å². The average Bonchev–Trinajstić information content (AvgIpc) is 2.98. The number of benzene rings is 3. The monoisotopic (exact) mass is 434 g/mol. The van der Waals surface area contributed by atoms with E-state index < -0.39 is 20.3 Å². The summed E-state index contributed by atoms with van der Waals surface area (Å²) < 4.78 is 28.4. The molecule has 1 N–H and O–H groups in total. The van der Waals surface area contributed by atoms with Crippen LogP contribution in [0.5, 0.6) is 0 Å². The van der Waals surface area contributed by atoms with Crippen LogP contribution in [0.4, 0.5) is 5.69 Å². The van der Waals surface area contributed by atoms with Crippen LogP contribution in [0.25, 0.3) is 0 Å². The van der Waals surface area contributed by atoms with Gasteiger partial charge in [-0.15, -0.1) is 0 Å². The van der Waals surface area contributed by atoms with Crippen LogP contribution >= 0.6 is 0 Å². The molecule has 0 radical (unpaired) electrons. The Kier molecular flexibility index (Phi) is 5.23. The molecular formula is C25H26N2O3S. The normalized spacial score (nSPS) is 18.8. The predicted molar refractivity (Wildman–Crippen MR) is 123 cm³/mol. The second kappa shape index (κ2) is 7.62. The fourth-order valence-corrected chi connectivity index (χ4v) is 4.88. The minimum Gasteiger partial charge on any atom is -0.305 e. The summed E-state index contributed by atoms with van der Waals surface area (Å²) in [5.74, 6) is -0.309. The molecule has 1 aliphatic heterocycles. The fourth-order valence-electron chi connectivity index (χ4n) is 3.86. The van der Waals surface area contributed by atoms with Gasteiger partial charge in [0.05, 0.1) is 17.0 Å². The molecule has 1 aliphatic rings. The zero-order valence-electron chi connectivity index (χ0n) is 17.9. The number of nitrogens with one attached hydrogen (secondary N) is 1. The van der Waals surface area contributed by atoms with Crippen LogP contribution in [0, 0.1) is 0 Å². The lowest BCUT2D eigenvalue weighted by atomic mass is 9.85. The van der Waals surface area contributed by atoms with Gasteiger partial charge in [-0.1, -0.05) is 78.9 Å². The molecule has 1 atom stereocenters. The SMILES string of the molecule is CC(C)(C)S(=O)(=O)N[C@@]1(c2ccccc2)C(=O)N(Cc2ccccc2)c2ccccc21. The second-order valence-electron chi connectivity index (χ2n) is 8.73. The Hall–Kier alpha value is -2.96. The molecule has 0 fully saturated rings. The fraction of sp³-hybridized carbons (Fsp3) is 0.240. The molecule has 0 saturated carbocycles. The molecule has 0 aliphatic carbocycles. The van der Waals surface area contributed by atoms with E-state index in [1.807, 2.05) is 72.8 Å². The van der Waals surface area contributed by atoms with Gasteiger partial charge in [0, 0.05) is 5.56 Å². The van der Waals surface area contributed by atoms with Crippen LogP contribution in [0.1, 0.15) is 37.5 Å². The van der Waals surface area contributed by atoms with Gasteiger partial charge in [-0.25, -0.2) is 8.42 Å². The Labute approximate surface area is 183 Å². The van der Waals surface area contributed by atoms with E-state index in [0.717, 1.165) is 5.56 Å². The number of nitrogens with zero attached hydrogens (tertiary/aromatic N) is 1. The van der Waals surface area contributed by atoms with Crippen molar-refractivity contribution >= 4 is 21.6 Å². The summed E-state index contributed by atoms with van der Waals surface area (Å²) >= 11 is 0. The number of sulfonamides is 1. The first kappa shape index (κ1) is 21.3. The highest BCUT2D eigenvalue weighted by Crippen LogP contribution is 2.46. The maximum atomic E-state index is 14.1. The summed E-state index contributed by atoms with van der Waals surface area (Å²) in [5, 5.41) is 0. The Morgan fingerprint density at radius 2 is 1.39 bits per heavy atom. The van der Waals surface area contributed by atoms with Crippen molar-refractivity contribution in [1.82, 2.24) is 4.72 Å². The van der Waals surface area contributed by atoms with Crippen molar-refractivity contribution in [3.8, 4) is 0 Å². The first-order valence-electron chi connectivity index (χ1n) is 10.2. The highest BCUT2D eigenvalue weighted by Gasteiger charge is 2.55. The van der Waals surface area contributed by atoms with Crippen LogP contribution in [0.3, 0.4) is 0 Å². The third-order valence-electron chi connectivity index (χ3n) is 5.65. The predicted octanol–water partition coefficient (Wildman–Crippen LogP) is 4.19. The number of hydrogen-bond donors (Lipinski definition) is 1. The number of carbonyl (C=O) groups is 1. The van der Waals surface area contributed by atoms with Gasteiger partial charge in [0.1, 0.15) is 0 Å². The van der Waals surface area contributed by atoms with Crippen LogP contribution in [0.2, 0.25) is 0 Å². The number of fused-ring (bicyclic) bond motifs is 1. The lowest BCUT2D eigenvalue weighted by Gasteiger charge is -2.33. The minimum atomic E-state index is -3.86.